The first-order valence-corrected chi connectivity index (χ1v) is 10.9. The van der Waals surface area contributed by atoms with Crippen LogP contribution in [0.25, 0.3) is 0 Å². The number of benzene rings is 1. The van der Waals surface area contributed by atoms with Crippen LogP contribution in [0.15, 0.2) is 12.1 Å². The third-order valence-corrected chi connectivity index (χ3v) is 7.76. The highest BCUT2D eigenvalue weighted by molar-refractivity contribution is 14.1. The van der Waals surface area contributed by atoms with Gasteiger partial charge in [-0.25, -0.2) is 0 Å². The minimum atomic E-state index is -2.69. The quantitative estimate of drug-likeness (QED) is 0.334. The van der Waals surface area contributed by atoms with Gasteiger partial charge in [0.1, 0.15) is 5.75 Å². The number of primary amides is 1. The molecule has 0 radical (unpaired) electrons. The third-order valence-electron chi connectivity index (χ3n) is 6.88. The molecule has 4 rings (SSSR count). The average molecular weight is 540 g/mol. The molecule has 0 bridgehead atoms. The van der Waals surface area contributed by atoms with Crippen molar-refractivity contribution in [3.8, 4) is 5.75 Å². The molecule has 164 valence electrons. The maximum Gasteiger partial charge on any atom is 0.235 e. The van der Waals surface area contributed by atoms with Crippen LogP contribution < -0.4 is 5.73 Å². The van der Waals surface area contributed by atoms with Gasteiger partial charge in [-0.05, 0) is 67.1 Å². The molecule has 0 spiro atoms. The number of nitrogens with zero attached hydrogens (tertiary/aromatic N) is 1. The molecule has 31 heavy (non-hydrogen) atoms. The van der Waals surface area contributed by atoms with Gasteiger partial charge in [-0.2, -0.15) is 0 Å². The smallest absolute Gasteiger partial charge is 0.235 e. The zero-order chi connectivity index (χ0) is 23.0. The Morgan fingerprint density at radius 1 is 1.19 bits per heavy atom. The van der Waals surface area contributed by atoms with Gasteiger partial charge in [0.25, 0.3) is 0 Å². The zero-order valence-electron chi connectivity index (χ0n) is 16.8. The van der Waals surface area contributed by atoms with Crippen LogP contribution in [0.1, 0.15) is 22.3 Å². The normalized spacial score (nSPS) is 34.9. The van der Waals surface area contributed by atoms with E-state index in [1.54, 1.807) is 26.2 Å². The Hall–Kier alpha value is -2.18. The van der Waals surface area contributed by atoms with Gasteiger partial charge < -0.3 is 15.9 Å². The highest BCUT2D eigenvalue weighted by Crippen LogP contribution is 2.50. The van der Waals surface area contributed by atoms with Crippen molar-refractivity contribution >= 4 is 51.6 Å². The SMILES string of the molecule is CN(C)[C@@H]1C(=O)C(C(N)=O)C(=O)[C@@]2(O)C(=O)C3C(=O)c4c(ccc(I)c4O)C[C@H]3C[C@@H]12. The summed E-state index contributed by atoms with van der Waals surface area (Å²) in [6.07, 6.45) is 0.326. The summed E-state index contributed by atoms with van der Waals surface area (Å²) in [4.78, 5) is 66.2. The van der Waals surface area contributed by atoms with Crippen LogP contribution in [-0.4, -0.2) is 69.9 Å². The molecule has 2 unspecified atom stereocenters. The molecular formula is C21H21IN2O7. The summed E-state index contributed by atoms with van der Waals surface area (Å²) in [6, 6.07) is 2.28. The summed E-state index contributed by atoms with van der Waals surface area (Å²) in [5.74, 6) is -10.2. The third kappa shape index (κ3) is 2.84. The summed E-state index contributed by atoms with van der Waals surface area (Å²) in [7, 11) is 3.10. The van der Waals surface area contributed by atoms with Crippen molar-refractivity contribution in [2.75, 3.05) is 14.1 Å². The highest BCUT2D eigenvalue weighted by atomic mass is 127. The zero-order valence-corrected chi connectivity index (χ0v) is 19.0. The molecule has 0 aromatic heterocycles. The number of carbonyl (C=O) groups is 5. The molecule has 2 fully saturated rings. The highest BCUT2D eigenvalue weighted by Gasteiger charge is 2.69. The first-order chi connectivity index (χ1) is 14.4. The summed E-state index contributed by atoms with van der Waals surface area (Å²) in [5.41, 5.74) is 3.18. The number of rotatable bonds is 2. The minimum Gasteiger partial charge on any atom is -0.506 e. The number of hydrogen-bond acceptors (Lipinski definition) is 8. The van der Waals surface area contributed by atoms with Gasteiger partial charge in [-0.15, -0.1) is 0 Å². The Bertz CT molecular complexity index is 1070. The number of phenols is 1. The first-order valence-electron chi connectivity index (χ1n) is 9.77. The summed E-state index contributed by atoms with van der Waals surface area (Å²) in [5, 5.41) is 21.8. The fourth-order valence-corrected chi connectivity index (χ4v) is 6.00. The molecular weight excluding hydrogens is 519 g/mol. The second-order valence-electron chi connectivity index (χ2n) is 8.72. The maximum atomic E-state index is 13.5. The lowest BCUT2D eigenvalue weighted by Gasteiger charge is -2.52. The fraction of sp³-hybridized carbons (Fsp3) is 0.476. The van der Waals surface area contributed by atoms with Crippen LogP contribution in [-0.2, 0) is 25.6 Å². The van der Waals surface area contributed by atoms with Gasteiger partial charge in [0.05, 0.1) is 21.1 Å². The van der Waals surface area contributed by atoms with Crippen molar-refractivity contribution < 1.29 is 34.2 Å². The van der Waals surface area contributed by atoms with E-state index in [2.05, 4.69) is 0 Å². The number of likely N-dealkylation sites (N-methyl/N-ethyl adjacent to an activating group) is 1. The number of fused-ring (bicyclic) bond motifs is 3. The van der Waals surface area contributed by atoms with Crippen LogP contribution in [0.3, 0.4) is 0 Å². The van der Waals surface area contributed by atoms with E-state index in [1.807, 2.05) is 22.6 Å². The molecule has 0 heterocycles. The average Bonchev–Trinajstić information content (AvgIpc) is 2.67. The van der Waals surface area contributed by atoms with Crippen molar-refractivity contribution in [3.63, 3.8) is 0 Å². The number of Topliss-reactive ketones (excluding diaryl/α,β-unsaturated/α-hetero) is 4. The van der Waals surface area contributed by atoms with E-state index in [-0.39, 0.29) is 24.2 Å². The molecule has 1 amide bonds. The van der Waals surface area contributed by atoms with Gasteiger partial charge >= 0.3 is 0 Å². The van der Waals surface area contributed by atoms with Crippen LogP contribution >= 0.6 is 22.6 Å². The van der Waals surface area contributed by atoms with Gasteiger partial charge in [0.2, 0.25) is 5.91 Å². The van der Waals surface area contributed by atoms with E-state index in [4.69, 9.17) is 5.73 Å². The van der Waals surface area contributed by atoms with Crippen LogP contribution in [0.4, 0.5) is 0 Å². The molecule has 3 aliphatic carbocycles. The summed E-state index contributed by atoms with van der Waals surface area (Å²) in [6.45, 7) is 0. The van der Waals surface area contributed by atoms with Crippen molar-refractivity contribution in [2.45, 2.75) is 24.5 Å². The lowest BCUT2D eigenvalue weighted by atomic mass is 9.52. The van der Waals surface area contributed by atoms with Crippen LogP contribution in [0, 0.1) is 27.2 Å². The number of phenolic OH excluding ortho intramolecular Hbond substituents is 1. The Balaban J connectivity index is 1.87. The number of carbonyl (C=O) groups excluding carboxylic acids is 5. The molecule has 0 saturated heterocycles. The van der Waals surface area contributed by atoms with Crippen LogP contribution in [0.5, 0.6) is 5.75 Å². The molecule has 1 aromatic rings. The molecule has 2 saturated carbocycles. The lowest BCUT2D eigenvalue weighted by Crippen LogP contribution is -2.74. The van der Waals surface area contributed by atoms with E-state index in [9.17, 15) is 34.2 Å². The second kappa shape index (κ2) is 7.17. The largest absolute Gasteiger partial charge is 0.506 e. The topological polar surface area (TPSA) is 155 Å². The predicted octanol–water partition coefficient (Wildman–Crippen LogP) is -0.528. The van der Waals surface area contributed by atoms with E-state index < -0.39 is 64.4 Å². The predicted molar refractivity (Wildman–Crippen MR) is 114 cm³/mol. The Morgan fingerprint density at radius 2 is 1.84 bits per heavy atom. The molecule has 9 nitrogen and oxygen atoms in total. The number of aliphatic hydroxyl groups is 1. The Labute approximate surface area is 191 Å². The summed E-state index contributed by atoms with van der Waals surface area (Å²) < 4.78 is 0.434. The monoisotopic (exact) mass is 540 g/mol. The number of nitrogens with two attached hydrogens (primary N) is 1. The van der Waals surface area contributed by atoms with E-state index in [0.717, 1.165) is 0 Å². The number of amides is 1. The first kappa shape index (κ1) is 22.0. The molecule has 1 aromatic carbocycles. The molecule has 10 heteroatoms. The van der Waals surface area contributed by atoms with Crippen molar-refractivity contribution in [1.82, 2.24) is 4.90 Å². The van der Waals surface area contributed by atoms with E-state index in [0.29, 0.717) is 9.13 Å². The van der Waals surface area contributed by atoms with E-state index >= 15 is 0 Å². The van der Waals surface area contributed by atoms with Crippen molar-refractivity contribution in [1.29, 1.82) is 0 Å². The number of halogens is 1. The van der Waals surface area contributed by atoms with Crippen molar-refractivity contribution in [2.24, 2.45) is 29.4 Å². The fourth-order valence-electron chi connectivity index (χ4n) is 5.56. The number of aromatic hydroxyl groups is 1. The van der Waals surface area contributed by atoms with Crippen LogP contribution in [0.2, 0.25) is 0 Å². The standard InChI is InChI=1S/C21H21IN2O7/c1-24(2)14-9-6-8-5-7-3-4-10(22)15(25)11(7)16(26)12(8)18(28)21(9,31)19(29)13(17(14)27)20(23)30/h3-4,8-9,12-14,25,31H,5-6H2,1-2H3,(H2,23,30)/t8-,9-,12?,13?,14-,21-/m0/s1. The molecule has 4 N–H and O–H groups in total. The molecule has 3 aliphatic rings. The maximum absolute atomic E-state index is 13.5. The summed E-state index contributed by atoms with van der Waals surface area (Å²) >= 11 is 1.87. The molecule has 6 atom stereocenters. The lowest BCUT2D eigenvalue weighted by molar-refractivity contribution is -0.181. The van der Waals surface area contributed by atoms with Crippen molar-refractivity contribution in [3.05, 3.63) is 26.8 Å². The Morgan fingerprint density at radius 3 is 2.42 bits per heavy atom. The van der Waals surface area contributed by atoms with Gasteiger partial charge in [-0.1, -0.05) is 6.07 Å². The second-order valence-corrected chi connectivity index (χ2v) is 9.88. The minimum absolute atomic E-state index is 0.0125. The van der Waals surface area contributed by atoms with Gasteiger partial charge in [0.15, 0.2) is 34.7 Å². The van der Waals surface area contributed by atoms with Gasteiger partial charge in [-0.3, -0.25) is 28.9 Å². The van der Waals surface area contributed by atoms with E-state index in [1.165, 1.54) is 4.90 Å². The number of ketones is 4. The van der Waals surface area contributed by atoms with Gasteiger partial charge in [0, 0.05) is 5.92 Å². The Kier molecular flexibility index (Phi) is 5.10. The number of hydrogen-bond donors (Lipinski definition) is 3. The molecule has 0 aliphatic heterocycles.